The zero-order valence-corrected chi connectivity index (χ0v) is 20.3. The first-order valence-electron chi connectivity index (χ1n) is 12.0. The highest BCUT2D eigenvalue weighted by Gasteiger charge is 2.28. The number of carbonyl (C=O) groups is 3. The summed E-state index contributed by atoms with van der Waals surface area (Å²) < 4.78 is 10.8. The van der Waals surface area contributed by atoms with Crippen molar-refractivity contribution < 1.29 is 33.8 Å². The van der Waals surface area contributed by atoms with Crippen LogP contribution >= 0.6 is 0 Å². The van der Waals surface area contributed by atoms with Gasteiger partial charge in [-0.3, -0.25) is 14.4 Å². The van der Waals surface area contributed by atoms with Crippen molar-refractivity contribution in [3.05, 3.63) is 76.5 Å². The standard InChI is InChI=1S/C28H24N2O8/c31-17-5-7-21-23(13-17)38-24-14-18(32)6-8-22(24)27(21)19-3-1-2-4-20(19)28(36)30-11-9-29(10-12-30)25(33)15-37-16-26(34)35/h1-8,13-14,31H,9-12,15-16H2,(H,34,35). The largest absolute Gasteiger partial charge is 0.508 e. The fourth-order valence-electron chi connectivity index (χ4n) is 4.68. The molecule has 2 heterocycles. The molecule has 3 aliphatic rings. The first-order chi connectivity index (χ1) is 18.3. The van der Waals surface area contributed by atoms with Crippen LogP contribution in [0.3, 0.4) is 0 Å². The third-order valence-electron chi connectivity index (χ3n) is 6.47. The average molecular weight is 517 g/mol. The molecule has 5 rings (SSSR count). The fourth-order valence-corrected chi connectivity index (χ4v) is 4.68. The second kappa shape index (κ2) is 10.3. The van der Waals surface area contributed by atoms with E-state index in [1.54, 1.807) is 34.1 Å². The number of ether oxygens (including phenoxy) is 1. The van der Waals surface area contributed by atoms with Crippen LogP contribution in [-0.4, -0.2) is 77.2 Å². The Labute approximate surface area is 216 Å². The molecule has 0 spiro atoms. The zero-order valence-electron chi connectivity index (χ0n) is 20.3. The van der Waals surface area contributed by atoms with Gasteiger partial charge < -0.3 is 29.2 Å². The fraction of sp³-hybridized carbons (Fsp3) is 0.214. The molecule has 1 saturated heterocycles. The number of amides is 2. The number of hydrogen-bond donors (Lipinski definition) is 2. The summed E-state index contributed by atoms with van der Waals surface area (Å²) in [5.41, 5.74) is 2.60. The lowest BCUT2D eigenvalue weighted by atomic mass is 9.90. The minimum atomic E-state index is -1.15. The molecular weight excluding hydrogens is 492 g/mol. The van der Waals surface area contributed by atoms with Crippen LogP contribution in [0.25, 0.3) is 33.4 Å². The van der Waals surface area contributed by atoms with Gasteiger partial charge in [-0.2, -0.15) is 0 Å². The Bertz CT molecular complexity index is 1570. The average Bonchev–Trinajstić information content (AvgIpc) is 2.91. The van der Waals surface area contributed by atoms with Crippen molar-refractivity contribution in [1.29, 1.82) is 0 Å². The number of carboxylic acids is 1. The highest BCUT2D eigenvalue weighted by atomic mass is 16.5. The lowest BCUT2D eigenvalue weighted by Crippen LogP contribution is -2.51. The Morgan fingerprint density at radius 1 is 0.868 bits per heavy atom. The van der Waals surface area contributed by atoms with E-state index in [0.717, 1.165) is 0 Å². The molecule has 1 aliphatic carbocycles. The molecule has 2 aromatic carbocycles. The van der Waals surface area contributed by atoms with E-state index >= 15 is 0 Å². The lowest BCUT2D eigenvalue weighted by molar-refractivity contribution is -0.146. The summed E-state index contributed by atoms with van der Waals surface area (Å²) in [4.78, 5) is 51.9. The number of phenols is 1. The number of aromatic hydroxyl groups is 1. The molecule has 0 saturated carbocycles. The number of phenolic OH excluding ortho intramolecular Hbond substituents is 1. The van der Waals surface area contributed by atoms with Gasteiger partial charge in [-0.25, -0.2) is 4.79 Å². The van der Waals surface area contributed by atoms with Crippen LogP contribution in [0.1, 0.15) is 10.4 Å². The van der Waals surface area contributed by atoms with Gasteiger partial charge in [0.15, 0.2) is 5.43 Å². The minimum Gasteiger partial charge on any atom is -0.508 e. The van der Waals surface area contributed by atoms with Gasteiger partial charge in [-0.05, 0) is 35.9 Å². The summed E-state index contributed by atoms with van der Waals surface area (Å²) in [6, 6.07) is 16.4. The van der Waals surface area contributed by atoms with Crippen molar-refractivity contribution in [1.82, 2.24) is 9.80 Å². The number of aliphatic carboxylic acids is 1. The number of benzene rings is 3. The molecule has 0 unspecified atom stereocenters. The van der Waals surface area contributed by atoms with Gasteiger partial charge in [-0.1, -0.05) is 18.2 Å². The van der Waals surface area contributed by atoms with Crippen LogP contribution in [0.4, 0.5) is 0 Å². The molecule has 0 radical (unpaired) electrons. The monoisotopic (exact) mass is 516 g/mol. The van der Waals surface area contributed by atoms with Crippen molar-refractivity contribution in [2.45, 2.75) is 0 Å². The normalized spacial score (nSPS) is 13.7. The lowest BCUT2D eigenvalue weighted by Gasteiger charge is -2.35. The van der Waals surface area contributed by atoms with E-state index in [-0.39, 0.29) is 29.6 Å². The van der Waals surface area contributed by atoms with E-state index in [1.165, 1.54) is 24.3 Å². The predicted molar refractivity (Wildman–Crippen MR) is 137 cm³/mol. The van der Waals surface area contributed by atoms with E-state index in [0.29, 0.717) is 65.2 Å². The summed E-state index contributed by atoms with van der Waals surface area (Å²) in [5, 5.41) is 19.4. The molecular formula is C28H24N2O8. The molecule has 2 aromatic rings. The summed E-state index contributed by atoms with van der Waals surface area (Å²) in [6.45, 7) is 0.319. The van der Waals surface area contributed by atoms with Crippen molar-refractivity contribution >= 4 is 28.8 Å². The minimum absolute atomic E-state index is 0.00923. The number of hydrogen-bond acceptors (Lipinski definition) is 7. The summed E-state index contributed by atoms with van der Waals surface area (Å²) >= 11 is 0. The molecule has 2 amide bonds. The quantitative estimate of drug-likeness (QED) is 0.373. The van der Waals surface area contributed by atoms with Crippen LogP contribution in [0, 0.1) is 0 Å². The Hall–Kier alpha value is -4.70. The van der Waals surface area contributed by atoms with Crippen LogP contribution in [0.2, 0.25) is 0 Å². The van der Waals surface area contributed by atoms with Crippen LogP contribution < -0.4 is 5.43 Å². The van der Waals surface area contributed by atoms with Gasteiger partial charge in [0, 0.05) is 60.4 Å². The molecule has 0 aromatic heterocycles. The molecule has 0 bridgehead atoms. The van der Waals surface area contributed by atoms with Gasteiger partial charge in [-0.15, -0.1) is 0 Å². The topological polar surface area (TPSA) is 138 Å². The molecule has 10 heteroatoms. The second-order valence-electron chi connectivity index (χ2n) is 8.92. The SMILES string of the molecule is O=C(O)COCC(=O)N1CCN(C(=O)c2ccccc2-c2c3ccc(=O)cc-3oc3cc(O)ccc23)CC1. The summed E-state index contributed by atoms with van der Waals surface area (Å²) in [7, 11) is 0. The van der Waals surface area contributed by atoms with Gasteiger partial charge in [0.2, 0.25) is 5.91 Å². The number of carboxylic acid groups (broad SMARTS) is 1. The van der Waals surface area contributed by atoms with E-state index < -0.39 is 12.6 Å². The predicted octanol–water partition coefficient (Wildman–Crippen LogP) is 2.66. The van der Waals surface area contributed by atoms with E-state index in [4.69, 9.17) is 14.3 Å². The van der Waals surface area contributed by atoms with E-state index in [2.05, 4.69) is 0 Å². The number of fused-ring (bicyclic) bond motifs is 2. The maximum Gasteiger partial charge on any atom is 0.329 e. The molecule has 0 atom stereocenters. The third-order valence-corrected chi connectivity index (χ3v) is 6.47. The smallest absolute Gasteiger partial charge is 0.329 e. The Kier molecular flexibility index (Phi) is 6.80. The highest BCUT2D eigenvalue weighted by Crippen LogP contribution is 2.42. The Balaban J connectivity index is 1.46. The number of nitrogens with zero attached hydrogens (tertiary/aromatic N) is 2. The van der Waals surface area contributed by atoms with E-state index in [1.807, 2.05) is 12.1 Å². The van der Waals surface area contributed by atoms with E-state index in [9.17, 15) is 24.3 Å². The van der Waals surface area contributed by atoms with Crippen molar-refractivity contribution in [3.63, 3.8) is 0 Å². The molecule has 10 nitrogen and oxygen atoms in total. The van der Waals surface area contributed by atoms with Crippen LogP contribution in [0.15, 0.2) is 69.9 Å². The van der Waals surface area contributed by atoms with Crippen molar-refractivity contribution in [2.24, 2.45) is 0 Å². The van der Waals surface area contributed by atoms with Crippen molar-refractivity contribution in [3.8, 4) is 28.2 Å². The second-order valence-corrected chi connectivity index (χ2v) is 8.92. The number of carbonyl (C=O) groups excluding carboxylic acids is 2. The van der Waals surface area contributed by atoms with Gasteiger partial charge in [0.25, 0.3) is 5.91 Å². The first-order valence-corrected chi connectivity index (χ1v) is 12.0. The third kappa shape index (κ3) is 4.94. The molecule has 2 N–H and O–H groups in total. The molecule has 2 aliphatic heterocycles. The van der Waals surface area contributed by atoms with Gasteiger partial charge in [0.1, 0.15) is 30.3 Å². The molecule has 38 heavy (non-hydrogen) atoms. The number of rotatable bonds is 6. The maximum atomic E-state index is 13.7. The maximum absolute atomic E-state index is 13.7. The van der Waals surface area contributed by atoms with Crippen LogP contribution in [-0.2, 0) is 14.3 Å². The van der Waals surface area contributed by atoms with Gasteiger partial charge >= 0.3 is 5.97 Å². The Morgan fingerprint density at radius 2 is 1.61 bits per heavy atom. The molecule has 1 fully saturated rings. The first kappa shape index (κ1) is 25.0. The number of piperazine rings is 1. The summed E-state index contributed by atoms with van der Waals surface area (Å²) in [5.74, 6) is -1.34. The summed E-state index contributed by atoms with van der Waals surface area (Å²) in [6.07, 6.45) is 0. The Morgan fingerprint density at radius 3 is 2.37 bits per heavy atom. The van der Waals surface area contributed by atoms with Gasteiger partial charge in [0.05, 0.1) is 0 Å². The van der Waals surface area contributed by atoms with Crippen molar-refractivity contribution in [2.75, 3.05) is 39.4 Å². The molecule has 194 valence electrons. The highest BCUT2D eigenvalue weighted by molar-refractivity contribution is 6.09. The van der Waals surface area contributed by atoms with Crippen LogP contribution in [0.5, 0.6) is 5.75 Å². The zero-order chi connectivity index (χ0) is 26.8.